The predicted octanol–water partition coefficient (Wildman–Crippen LogP) is 5.12. The summed E-state index contributed by atoms with van der Waals surface area (Å²) in [6, 6.07) is 18.8. The van der Waals surface area contributed by atoms with Gasteiger partial charge in [-0.15, -0.1) is 0 Å². The molecule has 0 spiro atoms. The van der Waals surface area contributed by atoms with Crippen LogP contribution in [-0.4, -0.2) is 14.3 Å². The van der Waals surface area contributed by atoms with Gasteiger partial charge in [-0.1, -0.05) is 40.2 Å². The second-order valence-electron chi connectivity index (χ2n) is 6.36. The molecule has 1 amide bonds. The van der Waals surface area contributed by atoms with Crippen molar-refractivity contribution in [2.75, 3.05) is 10.0 Å². The minimum Gasteiger partial charge on any atom is -0.322 e. The highest BCUT2D eigenvalue weighted by atomic mass is 79.9. The summed E-state index contributed by atoms with van der Waals surface area (Å²) >= 11 is 3.32. The van der Waals surface area contributed by atoms with Gasteiger partial charge >= 0.3 is 0 Å². The van der Waals surface area contributed by atoms with Crippen LogP contribution in [0.5, 0.6) is 0 Å². The number of rotatable bonds is 5. The molecule has 0 unspecified atom stereocenters. The van der Waals surface area contributed by atoms with Crippen molar-refractivity contribution in [3.63, 3.8) is 0 Å². The van der Waals surface area contributed by atoms with Gasteiger partial charge in [0.2, 0.25) is 0 Å². The van der Waals surface area contributed by atoms with E-state index in [1.54, 1.807) is 49.4 Å². The van der Waals surface area contributed by atoms with Crippen LogP contribution in [0.4, 0.5) is 11.4 Å². The van der Waals surface area contributed by atoms with Gasteiger partial charge in [0.15, 0.2) is 0 Å². The van der Waals surface area contributed by atoms with Gasteiger partial charge < -0.3 is 5.32 Å². The van der Waals surface area contributed by atoms with Gasteiger partial charge in [0.05, 0.1) is 4.90 Å². The van der Waals surface area contributed by atoms with Gasteiger partial charge in [0.1, 0.15) is 0 Å². The molecule has 0 fully saturated rings. The molecule has 144 valence electrons. The van der Waals surface area contributed by atoms with Crippen LogP contribution in [0.25, 0.3) is 0 Å². The summed E-state index contributed by atoms with van der Waals surface area (Å²) in [6.45, 7) is 3.59. The average Bonchev–Trinajstić information content (AvgIpc) is 2.65. The summed E-state index contributed by atoms with van der Waals surface area (Å²) in [5.41, 5.74) is 2.87. The molecule has 5 nitrogen and oxygen atoms in total. The summed E-state index contributed by atoms with van der Waals surface area (Å²) < 4.78 is 29.1. The SMILES string of the molecule is Cc1ccccc1NC(=O)c1ccc(C)c(S(=O)(=O)Nc2ccc(Br)cc2)c1. The number of anilines is 2. The van der Waals surface area contributed by atoms with Crippen molar-refractivity contribution in [2.24, 2.45) is 0 Å². The highest BCUT2D eigenvalue weighted by molar-refractivity contribution is 9.10. The first-order chi connectivity index (χ1) is 13.3. The van der Waals surface area contributed by atoms with Crippen molar-refractivity contribution in [1.82, 2.24) is 0 Å². The number of sulfonamides is 1. The van der Waals surface area contributed by atoms with Crippen molar-refractivity contribution < 1.29 is 13.2 Å². The number of aryl methyl sites for hydroxylation is 2. The average molecular weight is 459 g/mol. The maximum atomic E-state index is 12.8. The van der Waals surface area contributed by atoms with E-state index in [1.807, 2.05) is 25.1 Å². The Morgan fingerprint density at radius 3 is 2.25 bits per heavy atom. The summed E-state index contributed by atoms with van der Waals surface area (Å²) in [6.07, 6.45) is 0. The summed E-state index contributed by atoms with van der Waals surface area (Å²) in [5.74, 6) is -0.366. The Hall–Kier alpha value is -2.64. The molecule has 0 aromatic heterocycles. The number of benzene rings is 3. The Balaban J connectivity index is 1.89. The maximum absolute atomic E-state index is 12.8. The standard InChI is InChI=1S/C21H19BrN2O3S/c1-14-5-3-4-6-19(14)23-21(25)16-8-7-15(2)20(13-16)28(26,27)24-18-11-9-17(22)10-12-18/h3-13,24H,1-2H3,(H,23,25). The van der Waals surface area contributed by atoms with E-state index in [2.05, 4.69) is 26.0 Å². The third-order valence-electron chi connectivity index (χ3n) is 4.23. The number of hydrogen-bond donors (Lipinski definition) is 2. The molecule has 3 aromatic carbocycles. The molecule has 2 N–H and O–H groups in total. The van der Waals surface area contributed by atoms with Gasteiger partial charge in [-0.25, -0.2) is 8.42 Å². The summed E-state index contributed by atoms with van der Waals surface area (Å²) in [7, 11) is -3.84. The van der Waals surface area contributed by atoms with E-state index in [4.69, 9.17) is 0 Å². The molecule has 0 aliphatic carbocycles. The van der Waals surface area contributed by atoms with Gasteiger partial charge in [-0.05, 0) is 67.4 Å². The fraction of sp³-hybridized carbons (Fsp3) is 0.0952. The summed E-state index contributed by atoms with van der Waals surface area (Å²) in [5, 5.41) is 2.82. The first-order valence-electron chi connectivity index (χ1n) is 8.52. The second-order valence-corrected chi connectivity index (χ2v) is 8.93. The van der Waals surface area contributed by atoms with Crippen LogP contribution in [0.3, 0.4) is 0 Å². The molecular weight excluding hydrogens is 440 g/mol. The predicted molar refractivity (Wildman–Crippen MR) is 115 cm³/mol. The zero-order valence-corrected chi connectivity index (χ0v) is 17.8. The molecule has 0 aliphatic heterocycles. The van der Waals surface area contributed by atoms with Crippen molar-refractivity contribution in [3.8, 4) is 0 Å². The van der Waals surface area contributed by atoms with Gasteiger partial charge in [-0.3, -0.25) is 9.52 Å². The highest BCUT2D eigenvalue weighted by Crippen LogP contribution is 2.23. The molecule has 7 heteroatoms. The molecule has 0 heterocycles. The second kappa shape index (κ2) is 8.16. The maximum Gasteiger partial charge on any atom is 0.262 e. The molecule has 0 saturated heterocycles. The fourth-order valence-corrected chi connectivity index (χ4v) is 4.26. The van der Waals surface area contributed by atoms with Crippen LogP contribution >= 0.6 is 15.9 Å². The number of amides is 1. The normalized spacial score (nSPS) is 11.1. The molecule has 0 atom stereocenters. The minimum atomic E-state index is -3.84. The number of nitrogens with one attached hydrogen (secondary N) is 2. The third-order valence-corrected chi connectivity index (χ3v) is 6.28. The first-order valence-corrected chi connectivity index (χ1v) is 10.8. The van der Waals surface area contributed by atoms with Crippen molar-refractivity contribution in [1.29, 1.82) is 0 Å². The van der Waals surface area contributed by atoms with Crippen LogP contribution < -0.4 is 10.0 Å². The lowest BCUT2D eigenvalue weighted by Crippen LogP contribution is -2.17. The smallest absolute Gasteiger partial charge is 0.262 e. The van der Waals surface area contributed by atoms with E-state index in [0.717, 1.165) is 10.0 Å². The van der Waals surface area contributed by atoms with E-state index in [-0.39, 0.29) is 16.4 Å². The molecule has 3 aromatic rings. The van der Waals surface area contributed by atoms with Gasteiger partial charge in [0.25, 0.3) is 15.9 Å². The lowest BCUT2D eigenvalue weighted by molar-refractivity contribution is 0.102. The molecule has 0 aliphatic rings. The van der Waals surface area contributed by atoms with Crippen molar-refractivity contribution in [3.05, 3.63) is 87.9 Å². The van der Waals surface area contributed by atoms with E-state index in [1.165, 1.54) is 6.07 Å². The van der Waals surface area contributed by atoms with E-state index in [9.17, 15) is 13.2 Å². The van der Waals surface area contributed by atoms with Crippen molar-refractivity contribution >= 4 is 43.2 Å². The van der Waals surface area contributed by atoms with Crippen LogP contribution in [-0.2, 0) is 10.0 Å². The lowest BCUT2D eigenvalue weighted by Gasteiger charge is -2.13. The lowest BCUT2D eigenvalue weighted by atomic mass is 10.1. The zero-order valence-electron chi connectivity index (χ0n) is 15.4. The molecule has 3 rings (SSSR count). The Bertz CT molecular complexity index is 1130. The molecule has 0 saturated carbocycles. The fourth-order valence-electron chi connectivity index (χ4n) is 2.67. The first kappa shape index (κ1) is 20.1. The van der Waals surface area contributed by atoms with Gasteiger partial charge in [-0.2, -0.15) is 0 Å². The highest BCUT2D eigenvalue weighted by Gasteiger charge is 2.19. The summed E-state index contributed by atoms with van der Waals surface area (Å²) in [4.78, 5) is 12.7. The zero-order chi connectivity index (χ0) is 20.3. The molecule has 28 heavy (non-hydrogen) atoms. The van der Waals surface area contributed by atoms with E-state index < -0.39 is 10.0 Å². The van der Waals surface area contributed by atoms with E-state index in [0.29, 0.717) is 16.9 Å². The molecular formula is C21H19BrN2O3S. The van der Waals surface area contributed by atoms with E-state index >= 15 is 0 Å². The van der Waals surface area contributed by atoms with Gasteiger partial charge in [0, 0.05) is 21.4 Å². The molecule has 0 bridgehead atoms. The Morgan fingerprint density at radius 1 is 0.893 bits per heavy atom. The van der Waals surface area contributed by atoms with Crippen molar-refractivity contribution in [2.45, 2.75) is 18.7 Å². The monoisotopic (exact) mass is 458 g/mol. The largest absolute Gasteiger partial charge is 0.322 e. The topological polar surface area (TPSA) is 75.3 Å². The van der Waals surface area contributed by atoms with Crippen LogP contribution in [0.1, 0.15) is 21.5 Å². The number of carbonyl (C=O) groups is 1. The Morgan fingerprint density at radius 2 is 1.57 bits per heavy atom. The quantitative estimate of drug-likeness (QED) is 0.556. The minimum absolute atomic E-state index is 0.0628. The van der Waals surface area contributed by atoms with Crippen LogP contribution in [0, 0.1) is 13.8 Å². The van der Waals surface area contributed by atoms with Crippen LogP contribution in [0.15, 0.2) is 76.1 Å². The Kier molecular flexibility index (Phi) is 5.86. The third kappa shape index (κ3) is 4.61. The number of carbonyl (C=O) groups excluding carboxylic acids is 1. The number of para-hydroxylation sites is 1. The Labute approximate surface area is 173 Å². The van der Waals surface area contributed by atoms with Crippen LogP contribution in [0.2, 0.25) is 0 Å². The molecule has 0 radical (unpaired) electrons. The number of hydrogen-bond acceptors (Lipinski definition) is 3. The number of halogens is 1.